The molecular weight excluding hydrogens is 348 g/mol. The number of benzene rings is 2. The molecule has 1 heterocycles. The summed E-state index contributed by atoms with van der Waals surface area (Å²) >= 11 is 0. The van der Waals surface area contributed by atoms with E-state index in [1.165, 1.54) is 18.2 Å². The van der Waals surface area contributed by atoms with E-state index < -0.39 is 14.9 Å². The van der Waals surface area contributed by atoms with Crippen molar-refractivity contribution in [3.8, 4) is 11.5 Å². The van der Waals surface area contributed by atoms with Gasteiger partial charge in [-0.2, -0.15) is 0 Å². The van der Waals surface area contributed by atoms with Crippen LogP contribution in [-0.4, -0.2) is 26.7 Å². The summed E-state index contributed by atoms with van der Waals surface area (Å²) in [5, 5.41) is 10.7. The van der Waals surface area contributed by atoms with E-state index in [2.05, 4.69) is 4.72 Å². The maximum absolute atomic E-state index is 12.2. The topological polar surface area (TPSA) is 108 Å². The van der Waals surface area contributed by atoms with Gasteiger partial charge in [-0.1, -0.05) is 12.1 Å². The summed E-state index contributed by atoms with van der Waals surface area (Å²) in [6.45, 7) is 0.432. The number of nitro groups is 1. The Morgan fingerprint density at radius 1 is 1.12 bits per heavy atom. The monoisotopic (exact) mass is 364 g/mol. The highest BCUT2D eigenvalue weighted by Crippen LogP contribution is 2.32. The number of non-ortho nitro benzene ring substituents is 1. The molecule has 0 saturated heterocycles. The molecule has 25 heavy (non-hydrogen) atoms. The molecule has 0 atom stereocenters. The summed E-state index contributed by atoms with van der Waals surface area (Å²) in [4.78, 5) is 10.0. The van der Waals surface area contributed by atoms with E-state index in [4.69, 9.17) is 9.47 Å². The molecule has 8 nitrogen and oxygen atoms in total. The molecule has 2 aromatic rings. The Morgan fingerprint density at radius 2 is 1.92 bits per heavy atom. The SMILES string of the molecule is O=[N+]([O-])c1cccc(S(=O)(=O)NCCCc2ccc3c(c2)OCO3)c1. The minimum absolute atomic E-state index is 0.121. The summed E-state index contributed by atoms with van der Waals surface area (Å²) in [5.74, 6) is 1.39. The molecule has 0 fully saturated rings. The second-order valence-corrected chi connectivity index (χ2v) is 7.21. The number of aryl methyl sites for hydroxylation is 1. The van der Waals surface area contributed by atoms with Crippen LogP contribution in [0.25, 0.3) is 0 Å². The molecule has 0 unspecified atom stereocenters. The number of ether oxygens (including phenoxy) is 2. The maximum atomic E-state index is 12.2. The van der Waals surface area contributed by atoms with Crippen LogP contribution < -0.4 is 14.2 Å². The van der Waals surface area contributed by atoms with Gasteiger partial charge in [0.25, 0.3) is 5.69 Å². The van der Waals surface area contributed by atoms with Crippen molar-refractivity contribution in [2.45, 2.75) is 17.7 Å². The summed E-state index contributed by atoms with van der Waals surface area (Å²) in [7, 11) is -3.78. The zero-order valence-corrected chi connectivity index (χ0v) is 14.0. The molecule has 0 amide bonds. The Bertz CT molecular complexity index is 897. The van der Waals surface area contributed by atoms with Crippen LogP contribution in [0.3, 0.4) is 0 Å². The lowest BCUT2D eigenvalue weighted by atomic mass is 10.1. The van der Waals surface area contributed by atoms with Crippen LogP contribution in [-0.2, 0) is 16.4 Å². The first-order valence-electron chi connectivity index (χ1n) is 7.58. The zero-order chi connectivity index (χ0) is 17.9. The first kappa shape index (κ1) is 17.2. The summed E-state index contributed by atoms with van der Waals surface area (Å²) in [6, 6.07) is 10.6. The lowest BCUT2D eigenvalue weighted by Gasteiger charge is -2.07. The summed E-state index contributed by atoms with van der Waals surface area (Å²) < 4.78 is 37.4. The number of hydrogen-bond acceptors (Lipinski definition) is 6. The van der Waals surface area contributed by atoms with Gasteiger partial charge in [-0.05, 0) is 36.6 Å². The van der Waals surface area contributed by atoms with Crippen LogP contribution in [0.4, 0.5) is 5.69 Å². The summed E-state index contributed by atoms with van der Waals surface area (Å²) in [6.07, 6.45) is 1.24. The fourth-order valence-corrected chi connectivity index (χ4v) is 3.56. The van der Waals surface area contributed by atoms with Gasteiger partial charge in [-0.15, -0.1) is 0 Å². The molecule has 0 aliphatic carbocycles. The number of fused-ring (bicyclic) bond motifs is 1. The maximum Gasteiger partial charge on any atom is 0.270 e. The normalized spacial score (nSPS) is 13.0. The van der Waals surface area contributed by atoms with E-state index in [0.29, 0.717) is 24.3 Å². The molecule has 1 aliphatic rings. The van der Waals surface area contributed by atoms with Gasteiger partial charge in [0.2, 0.25) is 16.8 Å². The Morgan fingerprint density at radius 3 is 2.72 bits per heavy atom. The molecule has 2 aromatic carbocycles. The number of sulfonamides is 1. The second-order valence-electron chi connectivity index (χ2n) is 5.44. The van der Waals surface area contributed by atoms with Crippen LogP contribution in [0.5, 0.6) is 11.5 Å². The molecule has 132 valence electrons. The Labute approximate surface area is 144 Å². The van der Waals surface area contributed by atoms with Crippen molar-refractivity contribution in [1.82, 2.24) is 4.72 Å². The number of nitro benzene ring substituents is 1. The van der Waals surface area contributed by atoms with Gasteiger partial charge >= 0.3 is 0 Å². The smallest absolute Gasteiger partial charge is 0.270 e. The lowest BCUT2D eigenvalue weighted by molar-refractivity contribution is -0.385. The zero-order valence-electron chi connectivity index (χ0n) is 13.2. The van der Waals surface area contributed by atoms with Crippen LogP contribution >= 0.6 is 0 Å². The first-order chi connectivity index (χ1) is 12.0. The van der Waals surface area contributed by atoms with E-state index in [1.54, 1.807) is 0 Å². The largest absolute Gasteiger partial charge is 0.454 e. The second kappa shape index (κ2) is 7.08. The predicted molar refractivity (Wildman–Crippen MR) is 89.2 cm³/mol. The van der Waals surface area contributed by atoms with Crippen molar-refractivity contribution in [3.63, 3.8) is 0 Å². The third-order valence-corrected chi connectivity index (χ3v) is 5.17. The van der Waals surface area contributed by atoms with Crippen LogP contribution in [0.15, 0.2) is 47.4 Å². The molecule has 9 heteroatoms. The average molecular weight is 364 g/mol. The van der Waals surface area contributed by atoms with Crippen molar-refractivity contribution < 1.29 is 22.8 Å². The molecule has 3 rings (SSSR count). The van der Waals surface area contributed by atoms with E-state index in [9.17, 15) is 18.5 Å². The van der Waals surface area contributed by atoms with Crippen molar-refractivity contribution in [3.05, 3.63) is 58.1 Å². The Kier molecular flexibility index (Phi) is 4.86. The molecule has 0 radical (unpaired) electrons. The Hall–Kier alpha value is -2.65. The number of nitrogens with one attached hydrogen (secondary N) is 1. The van der Waals surface area contributed by atoms with E-state index >= 15 is 0 Å². The number of rotatable bonds is 7. The highest BCUT2D eigenvalue weighted by Gasteiger charge is 2.17. The lowest BCUT2D eigenvalue weighted by Crippen LogP contribution is -2.25. The van der Waals surface area contributed by atoms with Gasteiger partial charge in [0.05, 0.1) is 9.82 Å². The van der Waals surface area contributed by atoms with E-state index in [1.807, 2.05) is 18.2 Å². The highest BCUT2D eigenvalue weighted by molar-refractivity contribution is 7.89. The Balaban J connectivity index is 1.56. The van der Waals surface area contributed by atoms with Gasteiger partial charge < -0.3 is 9.47 Å². The van der Waals surface area contributed by atoms with Crippen molar-refractivity contribution in [1.29, 1.82) is 0 Å². The quantitative estimate of drug-likeness (QED) is 0.459. The van der Waals surface area contributed by atoms with Gasteiger partial charge in [0.15, 0.2) is 11.5 Å². The fourth-order valence-electron chi connectivity index (χ4n) is 2.44. The molecule has 0 bridgehead atoms. The third kappa shape index (κ3) is 4.06. The van der Waals surface area contributed by atoms with Crippen molar-refractivity contribution in [2.75, 3.05) is 13.3 Å². The van der Waals surface area contributed by atoms with E-state index in [0.717, 1.165) is 11.6 Å². The molecule has 0 spiro atoms. The summed E-state index contributed by atoms with van der Waals surface area (Å²) in [5.41, 5.74) is 0.752. The first-order valence-corrected chi connectivity index (χ1v) is 9.07. The number of hydrogen-bond donors (Lipinski definition) is 1. The van der Waals surface area contributed by atoms with Gasteiger partial charge in [-0.25, -0.2) is 13.1 Å². The standard InChI is InChI=1S/C16H16N2O6S/c19-18(20)13-4-1-5-14(10-13)25(21,22)17-8-2-3-12-6-7-15-16(9-12)24-11-23-15/h1,4-7,9-10,17H,2-3,8,11H2. The molecule has 1 N–H and O–H groups in total. The fraction of sp³-hybridized carbons (Fsp3) is 0.250. The van der Waals surface area contributed by atoms with Crippen molar-refractivity contribution in [2.24, 2.45) is 0 Å². The number of nitrogens with zero attached hydrogens (tertiary/aromatic N) is 1. The van der Waals surface area contributed by atoms with Gasteiger partial charge in [0.1, 0.15) is 0 Å². The van der Waals surface area contributed by atoms with Crippen molar-refractivity contribution >= 4 is 15.7 Å². The molecule has 0 aromatic heterocycles. The molecule has 1 aliphatic heterocycles. The average Bonchev–Trinajstić information content (AvgIpc) is 3.06. The van der Waals surface area contributed by atoms with Crippen LogP contribution in [0.2, 0.25) is 0 Å². The molecular formula is C16H16N2O6S. The van der Waals surface area contributed by atoms with E-state index in [-0.39, 0.29) is 23.9 Å². The highest BCUT2D eigenvalue weighted by atomic mass is 32.2. The third-order valence-electron chi connectivity index (χ3n) is 3.71. The van der Waals surface area contributed by atoms with Crippen LogP contribution in [0.1, 0.15) is 12.0 Å². The minimum Gasteiger partial charge on any atom is -0.454 e. The minimum atomic E-state index is -3.78. The molecule has 0 saturated carbocycles. The predicted octanol–water partition coefficient (Wildman–Crippen LogP) is 2.23. The van der Waals surface area contributed by atoms with Gasteiger partial charge in [-0.3, -0.25) is 10.1 Å². The van der Waals surface area contributed by atoms with Gasteiger partial charge in [0, 0.05) is 18.7 Å². The van der Waals surface area contributed by atoms with Crippen LogP contribution in [0, 0.1) is 10.1 Å².